The van der Waals surface area contributed by atoms with Gasteiger partial charge in [-0.2, -0.15) is 10.2 Å². The summed E-state index contributed by atoms with van der Waals surface area (Å²) in [5.41, 5.74) is 0.648. The molecule has 8 nitrogen and oxygen atoms in total. The topological polar surface area (TPSA) is 100 Å². The van der Waals surface area contributed by atoms with Crippen molar-refractivity contribution in [1.29, 1.82) is 5.26 Å². The molecule has 0 aliphatic carbocycles. The number of aliphatic imine (C=N–C) groups is 1. The van der Waals surface area contributed by atoms with Crippen molar-refractivity contribution in [3.63, 3.8) is 0 Å². The summed E-state index contributed by atoms with van der Waals surface area (Å²) in [6.07, 6.45) is 2.11. The fourth-order valence-corrected chi connectivity index (χ4v) is 3.58. The Balaban J connectivity index is 2.00. The number of hydrogen-bond donors (Lipinski definition) is 2. The Bertz CT molecular complexity index is 784. The van der Waals surface area contributed by atoms with Crippen LogP contribution in [-0.2, 0) is 10.0 Å². The molecule has 2 N–H and O–H groups in total. The van der Waals surface area contributed by atoms with Crippen molar-refractivity contribution in [1.82, 2.24) is 25.3 Å². The Labute approximate surface area is 153 Å². The highest BCUT2D eigenvalue weighted by Crippen LogP contribution is 2.38. The quantitative estimate of drug-likeness (QED) is 0.599. The number of nitriles is 1. The predicted octanol–water partition coefficient (Wildman–Crippen LogP) is 1.06. The van der Waals surface area contributed by atoms with E-state index in [-0.39, 0.29) is 11.2 Å². The van der Waals surface area contributed by atoms with E-state index in [2.05, 4.69) is 43.2 Å². The molecule has 3 atom stereocenters. The summed E-state index contributed by atoms with van der Waals surface area (Å²) in [5.74, 6) is 5.85. The number of hydrazine groups is 1. The van der Waals surface area contributed by atoms with Crippen molar-refractivity contribution in [3.8, 4) is 17.9 Å². The second-order valence-corrected chi connectivity index (χ2v) is 7.32. The lowest BCUT2D eigenvalue weighted by molar-refractivity contribution is -0.0133. The molecule has 3 rings (SSSR count). The van der Waals surface area contributed by atoms with E-state index in [4.69, 9.17) is 10.7 Å². The molecule has 0 spiro atoms. The molecule has 0 radical (unpaired) electrons. The number of halogens is 1. The highest BCUT2D eigenvalue weighted by Gasteiger charge is 2.38. The summed E-state index contributed by atoms with van der Waals surface area (Å²) < 4.78 is 11.6. The van der Waals surface area contributed by atoms with Crippen LogP contribution in [0.25, 0.3) is 0 Å². The van der Waals surface area contributed by atoms with Crippen molar-refractivity contribution in [3.05, 3.63) is 5.69 Å². The number of H-pyrrole nitrogens is 1. The van der Waals surface area contributed by atoms with Crippen LogP contribution < -0.4 is 5.32 Å². The number of nitrogens with zero attached hydrogens (tertiary/aromatic N) is 5. The SMILES string of the molecule is CC#CCC(C#N)C1c2[nH]c(S(=O)Cl)nc2N=CN1N1CCNCC1. The van der Waals surface area contributed by atoms with Gasteiger partial charge in [-0.3, -0.25) is 5.01 Å². The standard InChI is InChI=1S/C15H18ClN7OS/c1-2-3-4-11(9-17)13-12-14(21-15(20-12)25(16)24)19-10-23(13)22-7-5-18-6-8-22/h10-11,13,18H,4-8H2,1H3,(H,20,21). The molecule has 0 bridgehead atoms. The average Bonchev–Trinajstić information content (AvgIpc) is 3.08. The van der Waals surface area contributed by atoms with Gasteiger partial charge in [0.15, 0.2) is 15.8 Å². The first-order valence-electron chi connectivity index (χ1n) is 7.91. The van der Waals surface area contributed by atoms with Crippen LogP contribution in [0.15, 0.2) is 10.1 Å². The maximum atomic E-state index is 11.6. The van der Waals surface area contributed by atoms with E-state index < -0.39 is 15.9 Å². The van der Waals surface area contributed by atoms with Gasteiger partial charge in [0.25, 0.3) is 0 Å². The molecular formula is C15H18ClN7OS. The molecule has 2 aliphatic heterocycles. The second kappa shape index (κ2) is 7.98. The van der Waals surface area contributed by atoms with Crippen LogP contribution in [0.2, 0.25) is 0 Å². The molecule has 1 fully saturated rings. The number of piperazine rings is 1. The third kappa shape index (κ3) is 3.70. The van der Waals surface area contributed by atoms with Crippen molar-refractivity contribution in [2.24, 2.45) is 10.9 Å². The van der Waals surface area contributed by atoms with Crippen LogP contribution in [0, 0.1) is 29.1 Å². The number of fused-ring (bicyclic) bond motifs is 1. The van der Waals surface area contributed by atoms with Gasteiger partial charge in [-0.05, 0) is 17.6 Å². The van der Waals surface area contributed by atoms with Crippen molar-refractivity contribution in [2.45, 2.75) is 24.5 Å². The molecule has 132 valence electrons. The first-order valence-corrected chi connectivity index (χ1v) is 9.88. The van der Waals surface area contributed by atoms with Gasteiger partial charge in [-0.25, -0.2) is 14.2 Å². The average molecular weight is 380 g/mol. The van der Waals surface area contributed by atoms with Crippen LogP contribution >= 0.6 is 10.7 Å². The zero-order valence-corrected chi connectivity index (χ0v) is 15.3. The maximum Gasteiger partial charge on any atom is 0.214 e. The summed E-state index contributed by atoms with van der Waals surface area (Å²) in [7, 11) is 3.89. The fraction of sp³-hybridized carbons (Fsp3) is 0.533. The molecule has 3 heterocycles. The number of hydrogen-bond acceptors (Lipinski definition) is 7. The highest BCUT2D eigenvalue weighted by atomic mass is 35.7. The monoisotopic (exact) mass is 379 g/mol. The molecular weight excluding hydrogens is 362 g/mol. The van der Waals surface area contributed by atoms with Crippen LogP contribution in [-0.4, -0.2) is 56.7 Å². The molecule has 0 amide bonds. The summed E-state index contributed by atoms with van der Waals surface area (Å²) in [6.45, 7) is 5.07. The minimum Gasteiger partial charge on any atom is -0.330 e. The van der Waals surface area contributed by atoms with E-state index >= 15 is 0 Å². The van der Waals surface area contributed by atoms with Gasteiger partial charge in [-0.15, -0.1) is 11.8 Å². The van der Waals surface area contributed by atoms with Gasteiger partial charge in [0, 0.05) is 32.6 Å². The molecule has 1 aromatic heterocycles. The molecule has 10 heteroatoms. The van der Waals surface area contributed by atoms with Crippen LogP contribution in [0.3, 0.4) is 0 Å². The predicted molar refractivity (Wildman–Crippen MR) is 95.2 cm³/mol. The van der Waals surface area contributed by atoms with Crippen LogP contribution in [0.1, 0.15) is 25.1 Å². The van der Waals surface area contributed by atoms with E-state index in [1.807, 2.05) is 5.01 Å². The number of rotatable bonds is 4. The van der Waals surface area contributed by atoms with Crippen molar-refractivity contribution in [2.75, 3.05) is 26.2 Å². The molecule has 0 aromatic carbocycles. The summed E-state index contributed by atoms with van der Waals surface area (Å²) in [4.78, 5) is 11.5. The van der Waals surface area contributed by atoms with Gasteiger partial charge in [0.2, 0.25) is 5.16 Å². The van der Waals surface area contributed by atoms with Crippen molar-refractivity contribution < 1.29 is 4.21 Å². The summed E-state index contributed by atoms with van der Waals surface area (Å²) in [5, 5.41) is 17.3. The minimum atomic E-state index is -1.77. The molecule has 3 unspecified atom stereocenters. The number of aromatic nitrogens is 2. The molecule has 1 aromatic rings. The number of nitrogens with one attached hydrogen (secondary N) is 2. The third-order valence-electron chi connectivity index (χ3n) is 4.19. The van der Waals surface area contributed by atoms with Gasteiger partial charge in [0.05, 0.1) is 17.7 Å². The van der Waals surface area contributed by atoms with E-state index in [1.54, 1.807) is 13.3 Å². The fourth-order valence-electron chi connectivity index (χ4n) is 3.01. The highest BCUT2D eigenvalue weighted by molar-refractivity contribution is 8.08. The zero-order chi connectivity index (χ0) is 17.8. The molecule has 0 saturated carbocycles. The minimum absolute atomic E-state index is 0.147. The van der Waals surface area contributed by atoms with E-state index in [1.165, 1.54) is 0 Å². The van der Waals surface area contributed by atoms with E-state index in [9.17, 15) is 9.47 Å². The smallest absolute Gasteiger partial charge is 0.214 e. The lowest BCUT2D eigenvalue weighted by Crippen LogP contribution is -2.54. The van der Waals surface area contributed by atoms with E-state index in [0.29, 0.717) is 17.9 Å². The molecule has 25 heavy (non-hydrogen) atoms. The lowest BCUT2D eigenvalue weighted by Gasteiger charge is -2.43. The zero-order valence-electron chi connectivity index (χ0n) is 13.7. The third-order valence-corrected chi connectivity index (χ3v) is 5.12. The largest absolute Gasteiger partial charge is 0.330 e. The maximum absolute atomic E-state index is 11.6. The van der Waals surface area contributed by atoms with Gasteiger partial charge < -0.3 is 10.3 Å². The number of aromatic amines is 1. The van der Waals surface area contributed by atoms with Crippen molar-refractivity contribution >= 4 is 32.9 Å². The Morgan fingerprint density at radius 1 is 1.52 bits per heavy atom. The van der Waals surface area contributed by atoms with Gasteiger partial charge in [-0.1, -0.05) is 0 Å². The Kier molecular flexibility index (Phi) is 5.71. The van der Waals surface area contributed by atoms with Gasteiger partial charge >= 0.3 is 0 Å². The Morgan fingerprint density at radius 3 is 2.92 bits per heavy atom. The molecule has 1 saturated heterocycles. The summed E-state index contributed by atoms with van der Waals surface area (Å²) in [6, 6.07) is 2.02. The van der Waals surface area contributed by atoms with Gasteiger partial charge in [0.1, 0.15) is 12.4 Å². The first-order chi connectivity index (χ1) is 12.2. The Morgan fingerprint density at radius 2 is 2.28 bits per heavy atom. The van der Waals surface area contributed by atoms with Crippen LogP contribution in [0.4, 0.5) is 5.82 Å². The van der Waals surface area contributed by atoms with E-state index in [0.717, 1.165) is 26.2 Å². The normalized spacial score (nSPS) is 22.4. The molecule has 2 aliphatic rings. The van der Waals surface area contributed by atoms with Crippen LogP contribution in [0.5, 0.6) is 0 Å². The summed E-state index contributed by atoms with van der Waals surface area (Å²) >= 11 is 0. The number of imidazole rings is 1. The Hall–Kier alpha value is -1.91. The first kappa shape index (κ1) is 17.9. The lowest BCUT2D eigenvalue weighted by atomic mass is 9.94. The second-order valence-electron chi connectivity index (χ2n) is 5.64.